The highest BCUT2D eigenvalue weighted by Crippen LogP contribution is 2.27. The third-order valence-electron chi connectivity index (χ3n) is 3.08. The van der Waals surface area contributed by atoms with Crippen molar-refractivity contribution in [3.8, 4) is 0 Å². The molecule has 0 saturated carbocycles. The molecular weight excluding hydrogens is 280 g/mol. The van der Waals surface area contributed by atoms with E-state index < -0.39 is 5.82 Å². The average molecular weight is 296 g/mol. The van der Waals surface area contributed by atoms with Crippen LogP contribution in [0.15, 0.2) is 36.4 Å². The van der Waals surface area contributed by atoms with Crippen LogP contribution in [0.4, 0.5) is 8.78 Å². The first kappa shape index (κ1) is 14.9. The lowest BCUT2D eigenvalue weighted by molar-refractivity contribution is 0.598. The molecule has 0 amide bonds. The van der Waals surface area contributed by atoms with Crippen molar-refractivity contribution in [3.63, 3.8) is 0 Å². The Balaban J connectivity index is 2.46. The summed E-state index contributed by atoms with van der Waals surface area (Å²) in [6.07, 6.45) is 0. The molecule has 0 aliphatic carbocycles. The van der Waals surface area contributed by atoms with Gasteiger partial charge in [-0.2, -0.15) is 0 Å². The van der Waals surface area contributed by atoms with Crippen LogP contribution in [0.3, 0.4) is 0 Å². The van der Waals surface area contributed by atoms with E-state index in [4.69, 9.17) is 11.6 Å². The Hall–Kier alpha value is -1.45. The molecule has 0 radical (unpaired) electrons. The van der Waals surface area contributed by atoms with E-state index >= 15 is 0 Å². The minimum absolute atomic E-state index is 0.0681. The number of benzene rings is 2. The van der Waals surface area contributed by atoms with Crippen LogP contribution in [0.25, 0.3) is 0 Å². The highest BCUT2D eigenvalue weighted by molar-refractivity contribution is 6.30. The van der Waals surface area contributed by atoms with E-state index in [1.165, 1.54) is 18.2 Å². The summed E-state index contributed by atoms with van der Waals surface area (Å²) in [7, 11) is 0. The third kappa shape index (κ3) is 3.35. The van der Waals surface area contributed by atoms with Crippen LogP contribution in [-0.4, -0.2) is 6.54 Å². The van der Waals surface area contributed by atoms with Crippen molar-refractivity contribution in [2.45, 2.75) is 19.9 Å². The first-order valence-corrected chi connectivity index (χ1v) is 6.84. The van der Waals surface area contributed by atoms with Crippen LogP contribution in [0.2, 0.25) is 5.02 Å². The molecule has 0 saturated heterocycles. The molecule has 1 unspecified atom stereocenters. The van der Waals surface area contributed by atoms with Gasteiger partial charge in [-0.3, -0.25) is 0 Å². The largest absolute Gasteiger partial charge is 0.307 e. The summed E-state index contributed by atoms with van der Waals surface area (Å²) in [6, 6.07) is 9.22. The highest BCUT2D eigenvalue weighted by atomic mass is 35.5. The molecule has 1 N–H and O–H groups in total. The molecule has 0 spiro atoms. The van der Waals surface area contributed by atoms with Crippen LogP contribution in [0, 0.1) is 18.6 Å². The predicted molar refractivity (Wildman–Crippen MR) is 78.1 cm³/mol. The lowest BCUT2D eigenvalue weighted by Gasteiger charge is -2.20. The maximum absolute atomic E-state index is 13.6. The molecule has 0 aliphatic rings. The fourth-order valence-corrected chi connectivity index (χ4v) is 2.44. The maximum Gasteiger partial charge on any atom is 0.141 e. The van der Waals surface area contributed by atoms with Gasteiger partial charge in [0.2, 0.25) is 0 Å². The molecule has 0 fully saturated rings. The normalized spacial score (nSPS) is 12.4. The van der Waals surface area contributed by atoms with Gasteiger partial charge in [0.05, 0.1) is 11.1 Å². The van der Waals surface area contributed by atoms with Crippen molar-refractivity contribution in [2.24, 2.45) is 0 Å². The number of halogens is 3. The summed E-state index contributed by atoms with van der Waals surface area (Å²) in [5, 5.41) is 3.34. The van der Waals surface area contributed by atoms with Gasteiger partial charge in [-0.1, -0.05) is 30.7 Å². The minimum atomic E-state index is -0.457. The van der Waals surface area contributed by atoms with Gasteiger partial charge >= 0.3 is 0 Å². The van der Waals surface area contributed by atoms with Gasteiger partial charge in [0.25, 0.3) is 0 Å². The Morgan fingerprint density at radius 2 is 1.85 bits per heavy atom. The van der Waals surface area contributed by atoms with Crippen LogP contribution in [0.1, 0.15) is 29.7 Å². The van der Waals surface area contributed by atoms with Crippen LogP contribution in [-0.2, 0) is 0 Å². The lowest BCUT2D eigenvalue weighted by atomic mass is 9.97. The Morgan fingerprint density at radius 3 is 2.45 bits per heavy atom. The van der Waals surface area contributed by atoms with Gasteiger partial charge in [-0.25, -0.2) is 8.78 Å². The molecule has 106 valence electrons. The van der Waals surface area contributed by atoms with Gasteiger partial charge in [0.1, 0.15) is 11.6 Å². The summed E-state index contributed by atoms with van der Waals surface area (Å²) in [4.78, 5) is 0. The summed E-state index contributed by atoms with van der Waals surface area (Å²) < 4.78 is 26.8. The van der Waals surface area contributed by atoms with Crippen molar-refractivity contribution in [2.75, 3.05) is 6.54 Å². The van der Waals surface area contributed by atoms with Gasteiger partial charge in [0, 0.05) is 0 Å². The Labute approximate surface area is 122 Å². The first-order valence-electron chi connectivity index (χ1n) is 6.46. The molecule has 4 heteroatoms. The predicted octanol–water partition coefficient (Wildman–Crippen LogP) is 4.63. The number of nitrogens with one attached hydrogen (secondary N) is 1. The second kappa shape index (κ2) is 6.33. The molecule has 2 aromatic carbocycles. The Morgan fingerprint density at radius 1 is 1.10 bits per heavy atom. The van der Waals surface area contributed by atoms with Gasteiger partial charge in [-0.15, -0.1) is 0 Å². The van der Waals surface area contributed by atoms with Gasteiger partial charge < -0.3 is 5.32 Å². The molecular formula is C16H16ClF2N. The summed E-state index contributed by atoms with van der Waals surface area (Å²) in [5.74, 6) is -0.739. The van der Waals surface area contributed by atoms with Crippen molar-refractivity contribution in [1.29, 1.82) is 0 Å². The van der Waals surface area contributed by atoms with E-state index in [0.29, 0.717) is 6.54 Å². The standard InChI is InChI=1S/C16H16ClF2N/c1-3-20-16(11-4-5-15(19)14(17)9-11)12-6-10(2)7-13(18)8-12/h4-9,16,20H,3H2,1-2H3. The molecule has 2 aromatic rings. The molecule has 1 atom stereocenters. The molecule has 1 nitrogen and oxygen atoms in total. The zero-order valence-corrected chi connectivity index (χ0v) is 12.1. The average Bonchev–Trinajstić information content (AvgIpc) is 2.38. The first-order chi connectivity index (χ1) is 9.51. The van der Waals surface area contributed by atoms with Crippen LogP contribution in [0.5, 0.6) is 0 Å². The summed E-state index contributed by atoms with van der Waals surface area (Å²) in [6.45, 7) is 4.51. The molecule has 20 heavy (non-hydrogen) atoms. The van der Waals surface area contributed by atoms with Crippen LogP contribution < -0.4 is 5.32 Å². The Bertz CT molecular complexity index is 593. The molecule has 2 rings (SSSR count). The minimum Gasteiger partial charge on any atom is -0.307 e. The quantitative estimate of drug-likeness (QED) is 0.867. The number of rotatable bonds is 4. The van der Waals surface area contributed by atoms with E-state index in [9.17, 15) is 8.78 Å². The number of aryl methyl sites for hydroxylation is 1. The van der Waals surface area contributed by atoms with Crippen molar-refractivity contribution in [3.05, 3.63) is 69.7 Å². The summed E-state index contributed by atoms with van der Waals surface area (Å²) in [5.41, 5.74) is 2.45. The monoisotopic (exact) mass is 295 g/mol. The van der Waals surface area contributed by atoms with Crippen molar-refractivity contribution in [1.82, 2.24) is 5.32 Å². The van der Waals surface area contributed by atoms with E-state index in [-0.39, 0.29) is 16.9 Å². The molecule has 0 aliphatic heterocycles. The summed E-state index contributed by atoms with van der Waals surface area (Å²) >= 11 is 5.83. The number of hydrogen-bond acceptors (Lipinski definition) is 1. The molecule has 0 bridgehead atoms. The topological polar surface area (TPSA) is 12.0 Å². The Kier molecular flexibility index (Phi) is 4.73. The van der Waals surface area contributed by atoms with E-state index in [1.807, 2.05) is 19.9 Å². The zero-order chi connectivity index (χ0) is 14.7. The van der Waals surface area contributed by atoms with E-state index in [0.717, 1.165) is 16.7 Å². The lowest BCUT2D eigenvalue weighted by Crippen LogP contribution is -2.22. The zero-order valence-electron chi connectivity index (χ0n) is 11.4. The SMILES string of the molecule is CCNC(c1cc(C)cc(F)c1)c1ccc(F)c(Cl)c1. The molecule has 0 aromatic heterocycles. The highest BCUT2D eigenvalue weighted by Gasteiger charge is 2.15. The fourth-order valence-electron chi connectivity index (χ4n) is 2.26. The smallest absolute Gasteiger partial charge is 0.141 e. The third-order valence-corrected chi connectivity index (χ3v) is 3.37. The fraction of sp³-hybridized carbons (Fsp3) is 0.250. The van der Waals surface area contributed by atoms with E-state index in [1.54, 1.807) is 12.1 Å². The maximum atomic E-state index is 13.6. The van der Waals surface area contributed by atoms with Gasteiger partial charge in [-0.05, 0) is 54.4 Å². The van der Waals surface area contributed by atoms with Crippen LogP contribution >= 0.6 is 11.6 Å². The van der Waals surface area contributed by atoms with E-state index in [2.05, 4.69) is 5.32 Å². The van der Waals surface area contributed by atoms with Gasteiger partial charge in [0.15, 0.2) is 0 Å². The molecule has 0 heterocycles. The van der Waals surface area contributed by atoms with Crippen molar-refractivity contribution >= 4 is 11.6 Å². The van der Waals surface area contributed by atoms with Crippen molar-refractivity contribution < 1.29 is 8.78 Å². The number of hydrogen-bond donors (Lipinski definition) is 1. The second-order valence-electron chi connectivity index (χ2n) is 4.73. The second-order valence-corrected chi connectivity index (χ2v) is 5.13.